The number of anilines is 2. The molecule has 0 spiro atoms. The number of ether oxygens (including phenoxy) is 1. The van der Waals surface area contributed by atoms with Gasteiger partial charge in [0.05, 0.1) is 0 Å². The lowest BCUT2D eigenvalue weighted by atomic mass is 10.2. The first kappa shape index (κ1) is 17.8. The Labute approximate surface area is 160 Å². The number of carbonyl (C=O) groups excluding carboxylic acids is 2. The van der Waals surface area contributed by atoms with Gasteiger partial charge in [-0.25, -0.2) is 4.79 Å². The van der Waals surface area contributed by atoms with E-state index in [-0.39, 0.29) is 24.3 Å². The summed E-state index contributed by atoms with van der Waals surface area (Å²) in [5.74, 6) is 0.292. The van der Waals surface area contributed by atoms with Gasteiger partial charge in [-0.15, -0.1) is 0 Å². The minimum Gasteiger partial charge on any atom is -0.484 e. The molecular formula is C21H18N2O5. The van der Waals surface area contributed by atoms with Crippen LogP contribution in [0.1, 0.15) is 12.8 Å². The van der Waals surface area contributed by atoms with Crippen molar-refractivity contribution in [2.45, 2.75) is 12.8 Å². The maximum Gasteiger partial charge on any atom is 0.336 e. The fourth-order valence-electron chi connectivity index (χ4n) is 2.75. The topological polar surface area (TPSA) is 97.6 Å². The second-order valence-corrected chi connectivity index (χ2v) is 6.64. The average molecular weight is 378 g/mol. The average Bonchev–Trinajstić information content (AvgIpc) is 3.52. The molecule has 1 heterocycles. The van der Waals surface area contributed by atoms with Gasteiger partial charge >= 0.3 is 5.63 Å². The van der Waals surface area contributed by atoms with Crippen molar-refractivity contribution in [3.8, 4) is 5.75 Å². The standard InChI is InChI=1S/C21H18N2O5/c24-19(22-16-7-8-18-14(10-16)6-9-20(25)28-18)12-27-17-3-1-2-15(11-17)23-21(26)13-4-5-13/h1-3,6-11,13H,4-5,12H2,(H,22,24)(H,23,26). The van der Waals surface area contributed by atoms with Crippen LogP contribution in [0.2, 0.25) is 0 Å². The number of nitrogens with one attached hydrogen (secondary N) is 2. The largest absolute Gasteiger partial charge is 0.484 e. The van der Waals surface area contributed by atoms with Crippen molar-refractivity contribution in [1.29, 1.82) is 0 Å². The molecule has 28 heavy (non-hydrogen) atoms. The highest BCUT2D eigenvalue weighted by Gasteiger charge is 2.29. The SMILES string of the molecule is O=C(COc1cccc(NC(=O)C2CC2)c1)Nc1ccc2oc(=O)ccc2c1. The van der Waals surface area contributed by atoms with E-state index in [1.807, 2.05) is 0 Å². The molecule has 1 aromatic heterocycles. The lowest BCUT2D eigenvalue weighted by Crippen LogP contribution is -2.20. The molecule has 2 N–H and O–H groups in total. The number of rotatable bonds is 6. The van der Waals surface area contributed by atoms with Crippen molar-refractivity contribution in [3.05, 3.63) is 65.0 Å². The number of hydrogen-bond donors (Lipinski definition) is 2. The van der Waals surface area contributed by atoms with Gasteiger partial charge in [0.15, 0.2) is 6.61 Å². The third-order valence-electron chi connectivity index (χ3n) is 4.32. The highest BCUT2D eigenvalue weighted by atomic mass is 16.5. The lowest BCUT2D eigenvalue weighted by Gasteiger charge is -2.10. The van der Waals surface area contributed by atoms with Crippen LogP contribution < -0.4 is 21.0 Å². The molecule has 7 heteroatoms. The Morgan fingerprint density at radius 2 is 1.82 bits per heavy atom. The first-order valence-electron chi connectivity index (χ1n) is 8.94. The third kappa shape index (κ3) is 4.37. The molecule has 2 amide bonds. The van der Waals surface area contributed by atoms with E-state index in [1.54, 1.807) is 48.5 Å². The zero-order chi connectivity index (χ0) is 19.5. The normalized spacial score (nSPS) is 13.1. The molecule has 0 atom stereocenters. The van der Waals surface area contributed by atoms with E-state index >= 15 is 0 Å². The van der Waals surface area contributed by atoms with Crippen molar-refractivity contribution in [1.82, 2.24) is 0 Å². The van der Waals surface area contributed by atoms with E-state index in [0.29, 0.717) is 28.1 Å². The molecule has 3 aromatic rings. The van der Waals surface area contributed by atoms with Crippen LogP contribution >= 0.6 is 0 Å². The Bertz CT molecular complexity index is 1100. The number of fused-ring (bicyclic) bond motifs is 1. The van der Waals surface area contributed by atoms with E-state index in [0.717, 1.165) is 12.8 Å². The maximum absolute atomic E-state index is 12.2. The summed E-state index contributed by atoms with van der Waals surface area (Å²) in [7, 11) is 0. The number of amides is 2. The predicted octanol–water partition coefficient (Wildman–Crippen LogP) is 3.16. The van der Waals surface area contributed by atoms with Crippen molar-refractivity contribution in [2.24, 2.45) is 5.92 Å². The molecule has 1 aliphatic rings. The Balaban J connectivity index is 1.34. The fourth-order valence-corrected chi connectivity index (χ4v) is 2.75. The molecule has 0 bridgehead atoms. The second kappa shape index (κ2) is 7.56. The third-order valence-corrected chi connectivity index (χ3v) is 4.32. The summed E-state index contributed by atoms with van der Waals surface area (Å²) in [5, 5.41) is 6.28. The van der Waals surface area contributed by atoms with Gasteiger partial charge in [0.2, 0.25) is 5.91 Å². The summed E-state index contributed by atoms with van der Waals surface area (Å²) >= 11 is 0. The second-order valence-electron chi connectivity index (χ2n) is 6.64. The van der Waals surface area contributed by atoms with E-state index in [9.17, 15) is 14.4 Å². The summed E-state index contributed by atoms with van der Waals surface area (Å²) in [4.78, 5) is 35.2. The monoisotopic (exact) mass is 378 g/mol. The number of hydrogen-bond acceptors (Lipinski definition) is 5. The van der Waals surface area contributed by atoms with Crippen molar-refractivity contribution >= 4 is 34.2 Å². The van der Waals surface area contributed by atoms with Crippen molar-refractivity contribution < 1.29 is 18.7 Å². The molecule has 0 saturated heterocycles. The van der Waals surface area contributed by atoms with Gasteiger partial charge in [0, 0.05) is 34.8 Å². The minimum absolute atomic E-state index is 0.0158. The van der Waals surface area contributed by atoms with Crippen LogP contribution in [0, 0.1) is 5.92 Å². The molecule has 4 rings (SSSR count). The molecule has 142 valence electrons. The first-order valence-corrected chi connectivity index (χ1v) is 8.94. The molecule has 2 aromatic carbocycles. The summed E-state index contributed by atoms with van der Waals surface area (Å²) in [6, 6.07) is 14.9. The van der Waals surface area contributed by atoms with E-state index in [1.165, 1.54) is 6.07 Å². The van der Waals surface area contributed by atoms with Gasteiger partial charge in [-0.2, -0.15) is 0 Å². The summed E-state index contributed by atoms with van der Waals surface area (Å²) in [6.07, 6.45) is 1.87. The van der Waals surface area contributed by atoms with Gasteiger partial charge in [0.25, 0.3) is 5.91 Å². The smallest absolute Gasteiger partial charge is 0.336 e. The predicted molar refractivity (Wildman–Crippen MR) is 104 cm³/mol. The Morgan fingerprint density at radius 3 is 2.64 bits per heavy atom. The lowest BCUT2D eigenvalue weighted by molar-refractivity contribution is -0.118. The van der Waals surface area contributed by atoms with Gasteiger partial charge in [-0.1, -0.05) is 6.07 Å². The quantitative estimate of drug-likeness (QED) is 0.642. The van der Waals surface area contributed by atoms with E-state index in [4.69, 9.17) is 9.15 Å². The van der Waals surface area contributed by atoms with Crippen LogP contribution in [0.25, 0.3) is 11.0 Å². The minimum atomic E-state index is -0.423. The zero-order valence-electron chi connectivity index (χ0n) is 14.9. The first-order chi connectivity index (χ1) is 13.6. The van der Waals surface area contributed by atoms with Gasteiger partial charge in [-0.05, 0) is 49.2 Å². The van der Waals surface area contributed by atoms with Gasteiger partial charge in [-0.3, -0.25) is 9.59 Å². The molecule has 0 aliphatic heterocycles. The highest BCUT2D eigenvalue weighted by Crippen LogP contribution is 2.30. The zero-order valence-corrected chi connectivity index (χ0v) is 14.9. The Kier molecular flexibility index (Phi) is 4.80. The summed E-state index contributed by atoms with van der Waals surface area (Å²) in [5.41, 5.74) is 1.24. The van der Waals surface area contributed by atoms with E-state index < -0.39 is 5.63 Å². The molecular weight excluding hydrogens is 360 g/mol. The van der Waals surface area contributed by atoms with Crippen LogP contribution in [0.3, 0.4) is 0 Å². The molecule has 1 aliphatic carbocycles. The number of carbonyl (C=O) groups is 2. The molecule has 1 saturated carbocycles. The Hall–Kier alpha value is -3.61. The van der Waals surface area contributed by atoms with Crippen LogP contribution in [0.4, 0.5) is 11.4 Å². The molecule has 0 radical (unpaired) electrons. The molecule has 0 unspecified atom stereocenters. The fraction of sp³-hybridized carbons (Fsp3) is 0.190. The van der Waals surface area contributed by atoms with Crippen LogP contribution in [-0.2, 0) is 9.59 Å². The van der Waals surface area contributed by atoms with Crippen molar-refractivity contribution in [3.63, 3.8) is 0 Å². The van der Waals surface area contributed by atoms with E-state index in [2.05, 4.69) is 10.6 Å². The maximum atomic E-state index is 12.2. The Morgan fingerprint density at radius 1 is 1.00 bits per heavy atom. The van der Waals surface area contributed by atoms with Crippen LogP contribution in [-0.4, -0.2) is 18.4 Å². The summed E-state index contributed by atoms with van der Waals surface area (Å²) < 4.78 is 10.6. The summed E-state index contributed by atoms with van der Waals surface area (Å²) in [6.45, 7) is -0.179. The number of benzene rings is 2. The van der Waals surface area contributed by atoms with Crippen LogP contribution in [0.5, 0.6) is 5.75 Å². The van der Waals surface area contributed by atoms with Gasteiger partial charge in [0.1, 0.15) is 11.3 Å². The highest BCUT2D eigenvalue weighted by molar-refractivity contribution is 5.95. The van der Waals surface area contributed by atoms with Gasteiger partial charge < -0.3 is 19.8 Å². The molecule has 7 nitrogen and oxygen atoms in total. The van der Waals surface area contributed by atoms with Crippen LogP contribution in [0.15, 0.2) is 63.8 Å². The van der Waals surface area contributed by atoms with Crippen molar-refractivity contribution in [2.75, 3.05) is 17.2 Å². The molecule has 1 fully saturated rings.